The van der Waals surface area contributed by atoms with Crippen molar-refractivity contribution >= 4 is 92.3 Å². The second-order valence-electron chi connectivity index (χ2n) is 12.8. The third kappa shape index (κ3) is 11.7. The Balaban J connectivity index is 1.06. The summed E-state index contributed by atoms with van der Waals surface area (Å²) in [4.78, 5) is 53.5. The van der Waals surface area contributed by atoms with Gasteiger partial charge in [-0.3, -0.25) is 23.8 Å². The summed E-state index contributed by atoms with van der Waals surface area (Å²) in [5.74, 6) is -1.75. The predicted octanol–water partition coefficient (Wildman–Crippen LogP) is 2.54. The Kier molecular flexibility index (Phi) is 14.8. The quantitative estimate of drug-likeness (QED) is 0.0431. The highest BCUT2D eigenvalue weighted by atomic mass is 35.5. The van der Waals surface area contributed by atoms with Gasteiger partial charge in [-0.05, 0) is 23.8 Å². The molecule has 4 N–H and O–H groups in total. The molecular weight excluding hydrogens is 810 g/mol. The number of morpholine rings is 1. The Morgan fingerprint density at radius 3 is 2.47 bits per heavy atom. The first-order valence-corrected chi connectivity index (χ1v) is 22.2. The minimum atomic E-state index is -4.01. The average molecular weight is 851 g/mol. The van der Waals surface area contributed by atoms with Crippen molar-refractivity contribution < 1.29 is 51.0 Å². The fraction of sp³-hybridized carbons (Fsp3) is 0.485. The van der Waals surface area contributed by atoms with Gasteiger partial charge in [0.25, 0.3) is 21.9 Å². The number of ether oxygens (including phenoxy) is 1. The van der Waals surface area contributed by atoms with Crippen molar-refractivity contribution in [2.75, 3.05) is 68.9 Å². The molecule has 0 bridgehead atoms. The summed E-state index contributed by atoms with van der Waals surface area (Å²) in [6.45, 7) is 4.65. The first kappa shape index (κ1) is 41.6. The van der Waals surface area contributed by atoms with E-state index in [1.807, 2.05) is 12.1 Å². The Morgan fingerprint density at radius 2 is 1.77 bits per heavy atom. The summed E-state index contributed by atoms with van der Waals surface area (Å²) in [6, 6.07) is 7.79. The molecule has 2 saturated heterocycles. The van der Waals surface area contributed by atoms with Crippen LogP contribution < -0.4 is 15.2 Å². The monoisotopic (exact) mass is 849 g/mol. The number of rotatable bonds is 18. The molecule has 1 aromatic heterocycles. The number of thioether (sulfide) groups is 3. The summed E-state index contributed by atoms with van der Waals surface area (Å²) in [5.41, 5.74) is 0.544. The van der Waals surface area contributed by atoms with Crippen LogP contribution in [0.15, 0.2) is 63.8 Å². The summed E-state index contributed by atoms with van der Waals surface area (Å²) in [7, 11) is -4.01. The van der Waals surface area contributed by atoms with Gasteiger partial charge in [0.15, 0.2) is 12.4 Å². The zero-order valence-electron chi connectivity index (χ0n) is 28.6. The molecule has 3 amide bonds. The first-order chi connectivity index (χ1) is 25.2. The standard InChI is InChI=1S/C33H39Cl2N5O9S4/c34-23-3-4-25(35)26(17-23)51-21-28(42)37-29-31(43)39-30(33(44)45)22(20-52-32(29)39)19-50-24-5-8-38(9-6-24)18-27(41)36-7-1-10-40(12-14-49-15-13-40)11-2-16-53(46,47)48/h3-6,8-9,17,29,32H,1-2,7,10-16,18-21H2,(H2-2,36,37,41,42,44,45,46,47,48)/p+2/t29-,32+/m0/s1. The van der Waals surface area contributed by atoms with Gasteiger partial charge in [0, 0.05) is 57.8 Å². The number of aliphatic carboxylic acids is 1. The van der Waals surface area contributed by atoms with E-state index in [-0.39, 0.29) is 35.6 Å². The number of carboxylic acid groups (broad SMARTS) is 1. The van der Waals surface area contributed by atoms with Crippen LogP contribution in [0.4, 0.5) is 0 Å². The van der Waals surface area contributed by atoms with Crippen LogP contribution in [0, 0.1) is 0 Å². The number of fused-ring (bicyclic) bond motifs is 1. The number of carbonyl (C=O) groups excluding carboxylic acids is 3. The SMILES string of the molecule is O=C(C[n+]1ccc(SCC2=C(C(=O)O)N3C(=O)[C@H](NC(=O)CSc4cc(Cl)ccc4Cl)[C@H]3SC2)cc1)NCCC[N+]1(CCCS(=O)(=O)O)CCOCC1. The zero-order chi connectivity index (χ0) is 38.2. The van der Waals surface area contributed by atoms with E-state index in [1.54, 1.807) is 35.2 Å². The summed E-state index contributed by atoms with van der Waals surface area (Å²) in [5, 5.41) is 16.1. The van der Waals surface area contributed by atoms with Crippen molar-refractivity contribution in [1.82, 2.24) is 15.5 Å². The summed E-state index contributed by atoms with van der Waals surface area (Å²) in [6.07, 6.45) is 4.61. The van der Waals surface area contributed by atoms with Crippen molar-refractivity contribution in [1.29, 1.82) is 0 Å². The Hall–Kier alpha value is -2.55. The van der Waals surface area contributed by atoms with Crippen molar-refractivity contribution in [3.05, 3.63) is 64.0 Å². The molecule has 20 heteroatoms. The highest BCUT2D eigenvalue weighted by Gasteiger charge is 2.54. The van der Waals surface area contributed by atoms with E-state index >= 15 is 0 Å². The van der Waals surface area contributed by atoms with Crippen LogP contribution in [0.25, 0.3) is 0 Å². The van der Waals surface area contributed by atoms with Crippen LogP contribution >= 0.6 is 58.5 Å². The number of halogens is 2. The number of carbonyl (C=O) groups is 4. The molecule has 2 fully saturated rings. The number of pyridine rings is 1. The molecule has 2 aromatic rings. The lowest BCUT2D eigenvalue weighted by atomic mass is 10.0. The fourth-order valence-electron chi connectivity index (χ4n) is 6.29. The summed E-state index contributed by atoms with van der Waals surface area (Å²) < 4.78 is 39.3. The molecule has 0 spiro atoms. The largest absolute Gasteiger partial charge is 0.477 e. The maximum atomic E-state index is 13.1. The van der Waals surface area contributed by atoms with E-state index in [1.165, 1.54) is 40.2 Å². The van der Waals surface area contributed by atoms with E-state index in [4.69, 9.17) is 32.5 Å². The summed E-state index contributed by atoms with van der Waals surface area (Å²) >= 11 is 16.2. The molecule has 5 rings (SSSR count). The van der Waals surface area contributed by atoms with Gasteiger partial charge < -0.3 is 25.0 Å². The number of nitrogens with zero attached hydrogens (tertiary/aromatic N) is 3. The van der Waals surface area contributed by atoms with Gasteiger partial charge in [-0.2, -0.15) is 13.0 Å². The number of nitrogens with one attached hydrogen (secondary N) is 2. The highest BCUT2D eigenvalue weighted by Crippen LogP contribution is 2.41. The number of hydrogen-bond donors (Lipinski definition) is 4. The van der Waals surface area contributed by atoms with Crippen LogP contribution in [0.2, 0.25) is 10.0 Å². The molecular formula is C33H41Cl2N5O9S4+2. The molecule has 2 atom stereocenters. The predicted molar refractivity (Wildman–Crippen MR) is 203 cm³/mol. The minimum Gasteiger partial charge on any atom is -0.477 e. The maximum Gasteiger partial charge on any atom is 0.352 e. The number of carboxylic acids is 1. The molecule has 53 heavy (non-hydrogen) atoms. The Labute approximate surface area is 330 Å². The average Bonchev–Trinajstić information content (AvgIpc) is 3.12. The van der Waals surface area contributed by atoms with E-state index in [9.17, 15) is 32.7 Å². The molecule has 0 saturated carbocycles. The topological polar surface area (TPSA) is 183 Å². The highest BCUT2D eigenvalue weighted by molar-refractivity contribution is 8.01. The number of hydrogen-bond acceptors (Lipinski definition) is 10. The number of quaternary nitrogens is 1. The zero-order valence-corrected chi connectivity index (χ0v) is 33.4. The number of amides is 3. The van der Waals surface area contributed by atoms with Crippen LogP contribution in [0.3, 0.4) is 0 Å². The second-order valence-corrected chi connectivity index (χ2v) is 18.3. The van der Waals surface area contributed by atoms with Gasteiger partial charge in [-0.15, -0.1) is 35.3 Å². The molecule has 4 heterocycles. The van der Waals surface area contributed by atoms with Gasteiger partial charge in [0.05, 0.1) is 42.8 Å². The van der Waals surface area contributed by atoms with Gasteiger partial charge >= 0.3 is 5.97 Å². The van der Waals surface area contributed by atoms with Crippen LogP contribution in [-0.4, -0.2) is 132 Å². The van der Waals surface area contributed by atoms with E-state index in [0.717, 1.165) is 24.5 Å². The first-order valence-electron chi connectivity index (χ1n) is 16.8. The van der Waals surface area contributed by atoms with E-state index in [2.05, 4.69) is 10.6 Å². The lowest BCUT2D eigenvalue weighted by Gasteiger charge is -2.49. The third-order valence-corrected chi connectivity index (χ3v) is 14.0. The number of benzene rings is 1. The normalized spacial score (nSPS) is 19.7. The van der Waals surface area contributed by atoms with Crippen molar-refractivity contribution in [2.45, 2.75) is 40.6 Å². The minimum absolute atomic E-state index is 0.00875. The van der Waals surface area contributed by atoms with Crippen LogP contribution in [-0.2, 0) is 40.6 Å². The van der Waals surface area contributed by atoms with E-state index < -0.39 is 33.4 Å². The molecule has 14 nitrogen and oxygen atoms in total. The van der Waals surface area contributed by atoms with Crippen molar-refractivity contribution in [2.24, 2.45) is 0 Å². The van der Waals surface area contributed by atoms with Gasteiger partial charge in [0.1, 0.15) is 30.2 Å². The smallest absolute Gasteiger partial charge is 0.352 e. The maximum absolute atomic E-state index is 13.1. The van der Waals surface area contributed by atoms with E-state index in [0.29, 0.717) is 75.6 Å². The molecule has 0 aliphatic carbocycles. The van der Waals surface area contributed by atoms with Crippen molar-refractivity contribution in [3.8, 4) is 0 Å². The fourth-order valence-corrected chi connectivity index (χ4v) is 10.5. The number of β-lactam (4-membered cyclic amide) rings is 1. The lowest BCUT2D eigenvalue weighted by molar-refractivity contribution is -0.935. The third-order valence-electron chi connectivity index (χ3n) is 9.00. The molecule has 0 unspecified atom stereocenters. The van der Waals surface area contributed by atoms with Crippen LogP contribution in [0.5, 0.6) is 0 Å². The second kappa shape index (κ2) is 18.9. The molecule has 3 aliphatic heterocycles. The van der Waals surface area contributed by atoms with Crippen molar-refractivity contribution in [3.63, 3.8) is 0 Å². The number of aromatic nitrogens is 1. The molecule has 3 aliphatic rings. The molecule has 1 aromatic carbocycles. The van der Waals surface area contributed by atoms with Gasteiger partial charge in [-0.25, -0.2) is 4.79 Å². The lowest BCUT2D eigenvalue weighted by Crippen LogP contribution is -2.70. The molecule has 288 valence electrons. The molecule has 0 radical (unpaired) electrons. The van der Waals surface area contributed by atoms with Crippen LogP contribution in [0.1, 0.15) is 12.8 Å². The Morgan fingerprint density at radius 1 is 1.06 bits per heavy atom. The van der Waals surface area contributed by atoms with Gasteiger partial charge in [-0.1, -0.05) is 23.2 Å². The van der Waals surface area contributed by atoms with Gasteiger partial charge in [0.2, 0.25) is 12.5 Å². The Bertz CT molecular complexity index is 1830.